The van der Waals surface area contributed by atoms with Crippen LogP contribution in [0.5, 0.6) is 0 Å². The molecule has 0 heterocycles. The van der Waals surface area contributed by atoms with Gasteiger partial charge in [-0.1, -0.05) is 42.0 Å². The van der Waals surface area contributed by atoms with Crippen molar-refractivity contribution in [1.82, 2.24) is 5.32 Å². The molecule has 0 radical (unpaired) electrons. The lowest BCUT2D eigenvalue weighted by atomic mass is 10.2. The number of amides is 2. The second-order valence-corrected chi connectivity index (χ2v) is 8.73. The molecule has 3 aromatic rings. The minimum atomic E-state index is -3.98. The summed E-state index contributed by atoms with van der Waals surface area (Å²) in [5.41, 5.74) is 2.08. The van der Waals surface area contributed by atoms with Gasteiger partial charge in [0.1, 0.15) is 6.54 Å². The molecule has 0 saturated heterocycles. The first-order chi connectivity index (χ1) is 14.8. The third-order valence-corrected chi connectivity index (χ3v) is 6.36. The van der Waals surface area contributed by atoms with Crippen molar-refractivity contribution >= 4 is 33.2 Å². The highest BCUT2D eigenvalue weighted by Crippen LogP contribution is 2.24. The molecule has 0 saturated carbocycles. The van der Waals surface area contributed by atoms with Crippen LogP contribution in [0.25, 0.3) is 0 Å². The van der Waals surface area contributed by atoms with Crippen molar-refractivity contribution in [3.05, 3.63) is 90.0 Å². The van der Waals surface area contributed by atoms with Crippen molar-refractivity contribution in [1.29, 1.82) is 0 Å². The minimum absolute atomic E-state index is 0.0939. The van der Waals surface area contributed by atoms with Crippen LogP contribution in [0.4, 0.5) is 11.4 Å². The van der Waals surface area contributed by atoms with Gasteiger partial charge >= 0.3 is 0 Å². The number of rotatable bonds is 7. The zero-order chi connectivity index (χ0) is 22.4. The summed E-state index contributed by atoms with van der Waals surface area (Å²) in [7, 11) is -2.46. The fraction of sp³-hybridized carbons (Fsp3) is 0.130. The minimum Gasteiger partial charge on any atom is -0.355 e. The number of para-hydroxylation sites is 1. The molecule has 160 valence electrons. The maximum absolute atomic E-state index is 13.3. The number of carbonyl (C=O) groups excluding carboxylic acids is 2. The normalized spacial score (nSPS) is 10.9. The molecular weight excluding hydrogens is 414 g/mol. The van der Waals surface area contributed by atoms with Crippen LogP contribution in [0, 0.1) is 6.92 Å². The first kappa shape index (κ1) is 22.0. The molecule has 0 unspecified atom stereocenters. The Morgan fingerprint density at radius 2 is 1.58 bits per heavy atom. The Bertz CT molecular complexity index is 1180. The lowest BCUT2D eigenvalue weighted by Gasteiger charge is -2.24. The Balaban J connectivity index is 1.88. The lowest BCUT2D eigenvalue weighted by molar-refractivity contribution is -0.114. The highest BCUT2D eigenvalue weighted by atomic mass is 32.2. The molecular formula is C23H23N3O4S. The smallest absolute Gasteiger partial charge is 0.264 e. The van der Waals surface area contributed by atoms with E-state index >= 15 is 0 Å². The number of nitrogens with zero attached hydrogens (tertiary/aromatic N) is 1. The fourth-order valence-electron chi connectivity index (χ4n) is 2.96. The molecule has 8 heteroatoms. The van der Waals surface area contributed by atoms with Crippen molar-refractivity contribution in [3.63, 3.8) is 0 Å². The van der Waals surface area contributed by atoms with Crippen LogP contribution < -0.4 is 14.9 Å². The van der Waals surface area contributed by atoms with E-state index in [0.29, 0.717) is 16.9 Å². The number of hydrogen-bond donors (Lipinski definition) is 2. The topological polar surface area (TPSA) is 95.6 Å². The van der Waals surface area contributed by atoms with Crippen LogP contribution in [0.2, 0.25) is 0 Å². The van der Waals surface area contributed by atoms with E-state index in [0.717, 1.165) is 9.87 Å². The average molecular weight is 438 g/mol. The summed E-state index contributed by atoms with van der Waals surface area (Å²) in [5, 5.41) is 5.19. The van der Waals surface area contributed by atoms with Gasteiger partial charge in [0.25, 0.3) is 15.9 Å². The van der Waals surface area contributed by atoms with Gasteiger partial charge in [0, 0.05) is 18.3 Å². The summed E-state index contributed by atoms with van der Waals surface area (Å²) < 4.78 is 27.7. The van der Waals surface area contributed by atoms with Crippen molar-refractivity contribution in [2.24, 2.45) is 0 Å². The van der Waals surface area contributed by atoms with E-state index in [2.05, 4.69) is 10.6 Å². The molecule has 0 fully saturated rings. The first-order valence-electron chi connectivity index (χ1n) is 9.58. The predicted molar refractivity (Wildman–Crippen MR) is 121 cm³/mol. The Morgan fingerprint density at radius 3 is 2.23 bits per heavy atom. The van der Waals surface area contributed by atoms with E-state index < -0.39 is 22.5 Å². The second-order valence-electron chi connectivity index (χ2n) is 6.87. The van der Waals surface area contributed by atoms with Crippen molar-refractivity contribution in [2.75, 3.05) is 23.2 Å². The molecule has 3 rings (SSSR count). The van der Waals surface area contributed by atoms with Crippen molar-refractivity contribution in [3.8, 4) is 0 Å². The van der Waals surface area contributed by atoms with Crippen LogP contribution in [0.1, 0.15) is 15.9 Å². The Hall–Kier alpha value is -3.65. The van der Waals surface area contributed by atoms with Gasteiger partial charge in [-0.3, -0.25) is 13.9 Å². The quantitative estimate of drug-likeness (QED) is 0.593. The summed E-state index contributed by atoms with van der Waals surface area (Å²) in [6.07, 6.45) is 0. The molecule has 0 atom stereocenters. The van der Waals surface area contributed by atoms with E-state index in [4.69, 9.17) is 0 Å². The number of carbonyl (C=O) groups is 2. The summed E-state index contributed by atoms with van der Waals surface area (Å²) >= 11 is 0. The number of sulfonamides is 1. The van der Waals surface area contributed by atoms with Gasteiger partial charge in [-0.15, -0.1) is 0 Å². The number of aryl methyl sites for hydroxylation is 1. The highest BCUT2D eigenvalue weighted by molar-refractivity contribution is 7.92. The summed E-state index contributed by atoms with van der Waals surface area (Å²) in [4.78, 5) is 24.7. The molecule has 0 aliphatic carbocycles. The zero-order valence-corrected chi connectivity index (χ0v) is 18.0. The number of benzene rings is 3. The maximum atomic E-state index is 13.3. The van der Waals surface area contributed by atoms with E-state index in [1.165, 1.54) is 25.2 Å². The largest absolute Gasteiger partial charge is 0.355 e. The van der Waals surface area contributed by atoms with E-state index in [9.17, 15) is 18.0 Å². The monoisotopic (exact) mass is 437 g/mol. The van der Waals surface area contributed by atoms with Crippen LogP contribution in [-0.4, -0.2) is 33.8 Å². The fourth-order valence-corrected chi connectivity index (χ4v) is 4.38. The summed E-state index contributed by atoms with van der Waals surface area (Å²) in [6, 6.07) is 21.3. The number of nitrogens with one attached hydrogen (secondary N) is 2. The van der Waals surface area contributed by atoms with Gasteiger partial charge in [-0.05, 0) is 49.4 Å². The van der Waals surface area contributed by atoms with E-state index in [1.807, 2.05) is 6.92 Å². The molecule has 0 bridgehead atoms. The predicted octanol–water partition coefficient (Wildman–Crippen LogP) is 3.19. The SMILES string of the molecule is CNC(=O)c1cccc(NC(=O)CN(c2ccccc2)S(=O)(=O)c2ccc(C)cc2)c1. The van der Waals surface area contributed by atoms with Crippen molar-refractivity contribution in [2.45, 2.75) is 11.8 Å². The maximum Gasteiger partial charge on any atom is 0.264 e. The van der Waals surface area contributed by atoms with Crippen LogP contribution in [-0.2, 0) is 14.8 Å². The molecule has 3 aromatic carbocycles. The summed E-state index contributed by atoms with van der Waals surface area (Å²) in [6.45, 7) is 1.44. The molecule has 2 N–H and O–H groups in total. The lowest BCUT2D eigenvalue weighted by Crippen LogP contribution is -2.38. The third kappa shape index (κ3) is 5.29. The Labute approximate surface area is 181 Å². The first-order valence-corrected chi connectivity index (χ1v) is 11.0. The number of hydrogen-bond acceptors (Lipinski definition) is 4. The molecule has 0 spiro atoms. The highest BCUT2D eigenvalue weighted by Gasteiger charge is 2.27. The standard InChI is InChI=1S/C23H23N3O4S/c1-17-11-13-21(14-12-17)31(29,30)26(20-9-4-3-5-10-20)16-22(27)25-19-8-6-7-18(15-19)23(28)24-2/h3-15H,16H2,1-2H3,(H,24,28)(H,25,27). The van der Waals surface area contributed by atoms with Gasteiger partial charge < -0.3 is 10.6 Å². The average Bonchev–Trinajstić information content (AvgIpc) is 2.78. The van der Waals surface area contributed by atoms with Crippen LogP contribution in [0.15, 0.2) is 83.8 Å². The van der Waals surface area contributed by atoms with Crippen molar-refractivity contribution < 1.29 is 18.0 Å². The summed E-state index contributed by atoms with van der Waals surface area (Å²) in [5.74, 6) is -0.822. The Morgan fingerprint density at radius 1 is 0.903 bits per heavy atom. The van der Waals surface area contributed by atoms with Gasteiger partial charge in [0.2, 0.25) is 5.91 Å². The molecule has 0 aliphatic heterocycles. The second kappa shape index (κ2) is 9.44. The number of anilines is 2. The Kier molecular flexibility index (Phi) is 6.71. The van der Waals surface area contributed by atoms with Crippen LogP contribution in [0.3, 0.4) is 0 Å². The molecule has 0 aromatic heterocycles. The molecule has 0 aliphatic rings. The van der Waals surface area contributed by atoms with Crippen LogP contribution >= 0.6 is 0 Å². The van der Waals surface area contributed by atoms with E-state index in [-0.39, 0.29) is 10.8 Å². The molecule has 31 heavy (non-hydrogen) atoms. The van der Waals surface area contributed by atoms with Gasteiger partial charge in [0.15, 0.2) is 0 Å². The molecule has 2 amide bonds. The molecule has 7 nitrogen and oxygen atoms in total. The van der Waals surface area contributed by atoms with Gasteiger partial charge in [-0.2, -0.15) is 0 Å². The third-order valence-electron chi connectivity index (χ3n) is 4.58. The van der Waals surface area contributed by atoms with E-state index in [1.54, 1.807) is 60.7 Å². The van der Waals surface area contributed by atoms with Gasteiger partial charge in [0.05, 0.1) is 10.6 Å². The zero-order valence-electron chi connectivity index (χ0n) is 17.2. The van der Waals surface area contributed by atoms with Gasteiger partial charge in [-0.25, -0.2) is 8.42 Å².